The average Bonchev–Trinajstić information content (AvgIpc) is 1.86. The van der Waals surface area contributed by atoms with Crippen molar-refractivity contribution in [2.45, 2.75) is 13.8 Å². The molecule has 0 aliphatic rings. The van der Waals surface area contributed by atoms with Crippen molar-refractivity contribution in [3.8, 4) is 0 Å². The Hall–Kier alpha value is -0.960. The van der Waals surface area contributed by atoms with E-state index in [4.69, 9.17) is 11.5 Å². The Morgan fingerprint density at radius 2 is 2.09 bits per heavy atom. The molecule has 4 N–H and O–H groups in total. The van der Waals surface area contributed by atoms with Gasteiger partial charge in [-0.1, -0.05) is 6.58 Å². The number of nitrogens with zero attached hydrogens (tertiary/aromatic N) is 1. The molecular formula is C8H17N3. The zero-order chi connectivity index (χ0) is 8.85. The molecule has 64 valence electrons. The number of allylic oxidation sites excluding steroid dienone is 2. The van der Waals surface area contributed by atoms with Crippen LogP contribution in [0.4, 0.5) is 0 Å². The van der Waals surface area contributed by atoms with Crippen LogP contribution in [0, 0.1) is 0 Å². The van der Waals surface area contributed by atoms with Crippen LogP contribution >= 0.6 is 0 Å². The van der Waals surface area contributed by atoms with E-state index in [0.29, 0.717) is 6.54 Å². The predicted molar refractivity (Wildman–Crippen MR) is 48.5 cm³/mol. The lowest BCUT2D eigenvalue weighted by atomic mass is 10.4. The third-order valence-electron chi connectivity index (χ3n) is 1.22. The summed E-state index contributed by atoms with van der Waals surface area (Å²) >= 11 is 0. The molecule has 0 fully saturated rings. The van der Waals surface area contributed by atoms with Gasteiger partial charge in [-0.2, -0.15) is 0 Å². The minimum atomic E-state index is 0.608. The molecule has 0 spiro atoms. The minimum Gasteiger partial charge on any atom is -0.401 e. The van der Waals surface area contributed by atoms with Gasteiger partial charge in [0.15, 0.2) is 0 Å². The SMILES string of the molecule is C=C(C)N(/C=C(/C)N)CCN. The van der Waals surface area contributed by atoms with E-state index < -0.39 is 0 Å². The van der Waals surface area contributed by atoms with E-state index >= 15 is 0 Å². The van der Waals surface area contributed by atoms with Gasteiger partial charge in [-0.25, -0.2) is 0 Å². The lowest BCUT2D eigenvalue weighted by Gasteiger charge is -2.19. The van der Waals surface area contributed by atoms with E-state index in [0.717, 1.165) is 17.9 Å². The summed E-state index contributed by atoms with van der Waals surface area (Å²) in [5.41, 5.74) is 12.6. The van der Waals surface area contributed by atoms with Crippen LogP contribution < -0.4 is 11.5 Å². The maximum atomic E-state index is 5.50. The number of rotatable bonds is 4. The first-order chi connectivity index (χ1) is 5.07. The van der Waals surface area contributed by atoms with Crippen LogP contribution in [0.5, 0.6) is 0 Å². The van der Waals surface area contributed by atoms with Crippen molar-refractivity contribution in [2.75, 3.05) is 13.1 Å². The maximum absolute atomic E-state index is 5.50. The fourth-order valence-corrected chi connectivity index (χ4v) is 0.750. The van der Waals surface area contributed by atoms with Crippen LogP contribution in [0.1, 0.15) is 13.8 Å². The molecule has 11 heavy (non-hydrogen) atoms. The lowest BCUT2D eigenvalue weighted by Crippen LogP contribution is -2.23. The van der Waals surface area contributed by atoms with Gasteiger partial charge in [-0.05, 0) is 13.8 Å². The Morgan fingerprint density at radius 3 is 2.36 bits per heavy atom. The van der Waals surface area contributed by atoms with Crippen molar-refractivity contribution < 1.29 is 0 Å². The minimum absolute atomic E-state index is 0.608. The van der Waals surface area contributed by atoms with Crippen LogP contribution in [0.25, 0.3) is 0 Å². The molecule has 0 aliphatic carbocycles. The summed E-state index contributed by atoms with van der Waals surface area (Å²) in [5.74, 6) is 0. The van der Waals surface area contributed by atoms with Gasteiger partial charge in [0, 0.05) is 30.7 Å². The fraction of sp³-hybridized carbons (Fsp3) is 0.500. The second-order valence-corrected chi connectivity index (χ2v) is 2.59. The first-order valence-electron chi connectivity index (χ1n) is 3.64. The molecule has 0 aromatic carbocycles. The molecule has 3 heteroatoms. The van der Waals surface area contributed by atoms with E-state index in [1.165, 1.54) is 0 Å². The Morgan fingerprint density at radius 1 is 1.55 bits per heavy atom. The van der Waals surface area contributed by atoms with Crippen molar-refractivity contribution in [2.24, 2.45) is 11.5 Å². The second-order valence-electron chi connectivity index (χ2n) is 2.59. The Balaban J connectivity index is 4.11. The van der Waals surface area contributed by atoms with Crippen LogP contribution in [-0.2, 0) is 0 Å². The number of hydrogen-bond donors (Lipinski definition) is 2. The van der Waals surface area contributed by atoms with Crippen LogP contribution in [0.15, 0.2) is 24.2 Å². The Kier molecular flexibility index (Phi) is 4.38. The third-order valence-corrected chi connectivity index (χ3v) is 1.22. The van der Waals surface area contributed by atoms with E-state index in [1.807, 2.05) is 24.9 Å². The number of hydrogen-bond acceptors (Lipinski definition) is 3. The van der Waals surface area contributed by atoms with Crippen molar-refractivity contribution in [3.05, 3.63) is 24.2 Å². The van der Waals surface area contributed by atoms with Crippen molar-refractivity contribution in [1.29, 1.82) is 0 Å². The molecule has 0 aromatic heterocycles. The highest BCUT2D eigenvalue weighted by atomic mass is 15.1. The third kappa shape index (κ3) is 4.44. The van der Waals surface area contributed by atoms with E-state index in [-0.39, 0.29) is 0 Å². The van der Waals surface area contributed by atoms with E-state index in [1.54, 1.807) is 0 Å². The zero-order valence-corrected chi connectivity index (χ0v) is 7.30. The van der Waals surface area contributed by atoms with Crippen molar-refractivity contribution in [1.82, 2.24) is 4.90 Å². The largest absolute Gasteiger partial charge is 0.401 e. The summed E-state index contributed by atoms with van der Waals surface area (Å²) in [5, 5.41) is 0. The standard InChI is InChI=1S/C8H17N3/c1-7(2)11(5-4-9)6-8(3)10/h6H,1,4-5,9-10H2,2-3H3/b8-6-. The monoisotopic (exact) mass is 155 g/mol. The molecule has 0 aromatic rings. The normalized spacial score (nSPS) is 11.4. The quantitative estimate of drug-likeness (QED) is 0.625. The molecule has 0 bridgehead atoms. The summed E-state index contributed by atoms with van der Waals surface area (Å²) in [6, 6.07) is 0. The molecule has 0 radical (unpaired) electrons. The van der Waals surface area contributed by atoms with Gasteiger partial charge in [0.05, 0.1) is 0 Å². The highest BCUT2D eigenvalue weighted by Crippen LogP contribution is 2.00. The molecule has 3 nitrogen and oxygen atoms in total. The fourth-order valence-electron chi connectivity index (χ4n) is 0.750. The predicted octanol–water partition coefficient (Wildman–Crippen LogP) is 0.601. The van der Waals surface area contributed by atoms with Gasteiger partial charge in [0.2, 0.25) is 0 Å². The van der Waals surface area contributed by atoms with Gasteiger partial charge in [0.1, 0.15) is 0 Å². The Bertz CT molecular complexity index is 157. The smallest absolute Gasteiger partial charge is 0.0345 e. The summed E-state index contributed by atoms with van der Waals surface area (Å²) in [6.07, 6.45) is 1.84. The molecule has 0 heterocycles. The number of nitrogens with two attached hydrogens (primary N) is 2. The molecule has 0 saturated carbocycles. The average molecular weight is 155 g/mol. The molecule has 0 aliphatic heterocycles. The van der Waals surface area contributed by atoms with Gasteiger partial charge < -0.3 is 16.4 Å². The molecule has 0 amide bonds. The van der Waals surface area contributed by atoms with Crippen LogP contribution in [-0.4, -0.2) is 18.0 Å². The molecule has 0 rings (SSSR count). The van der Waals surface area contributed by atoms with Crippen molar-refractivity contribution in [3.63, 3.8) is 0 Å². The van der Waals surface area contributed by atoms with Gasteiger partial charge in [-0.3, -0.25) is 0 Å². The second kappa shape index (κ2) is 4.79. The molecule has 0 saturated heterocycles. The van der Waals surface area contributed by atoms with Crippen molar-refractivity contribution >= 4 is 0 Å². The Labute approximate surface area is 68.4 Å². The summed E-state index contributed by atoms with van der Waals surface area (Å²) < 4.78 is 0. The molecule has 0 atom stereocenters. The summed E-state index contributed by atoms with van der Waals surface area (Å²) in [7, 11) is 0. The topological polar surface area (TPSA) is 55.3 Å². The highest BCUT2D eigenvalue weighted by molar-refractivity contribution is 5.01. The maximum Gasteiger partial charge on any atom is 0.0345 e. The highest BCUT2D eigenvalue weighted by Gasteiger charge is 1.97. The molecule has 0 unspecified atom stereocenters. The van der Waals surface area contributed by atoms with E-state index in [2.05, 4.69) is 6.58 Å². The van der Waals surface area contributed by atoms with Crippen LogP contribution in [0.2, 0.25) is 0 Å². The van der Waals surface area contributed by atoms with Gasteiger partial charge in [-0.15, -0.1) is 0 Å². The first kappa shape index (κ1) is 10.0. The molecular weight excluding hydrogens is 138 g/mol. The lowest BCUT2D eigenvalue weighted by molar-refractivity contribution is 0.473. The van der Waals surface area contributed by atoms with E-state index in [9.17, 15) is 0 Å². The van der Waals surface area contributed by atoms with Gasteiger partial charge >= 0.3 is 0 Å². The zero-order valence-electron chi connectivity index (χ0n) is 7.30. The van der Waals surface area contributed by atoms with Crippen LogP contribution in [0.3, 0.4) is 0 Å². The first-order valence-corrected chi connectivity index (χ1v) is 3.64. The summed E-state index contributed by atoms with van der Waals surface area (Å²) in [4.78, 5) is 1.94. The van der Waals surface area contributed by atoms with Gasteiger partial charge in [0.25, 0.3) is 0 Å². The summed E-state index contributed by atoms with van der Waals surface area (Å²) in [6.45, 7) is 8.94.